The van der Waals surface area contributed by atoms with E-state index in [1.54, 1.807) is 0 Å². The summed E-state index contributed by atoms with van der Waals surface area (Å²) in [7, 11) is 0. The molecular weight excluding hydrogens is 247 g/mol. The van der Waals surface area contributed by atoms with Crippen molar-refractivity contribution in [2.24, 2.45) is 0 Å². The van der Waals surface area contributed by atoms with E-state index in [-0.39, 0.29) is 4.47 Å². The zero-order valence-corrected chi connectivity index (χ0v) is 7.67. The summed E-state index contributed by atoms with van der Waals surface area (Å²) in [5.41, 5.74) is -0.713. The van der Waals surface area contributed by atoms with Gasteiger partial charge in [0.1, 0.15) is 11.4 Å². The molecule has 0 unspecified atom stereocenters. The van der Waals surface area contributed by atoms with Crippen LogP contribution in [-0.2, 0) is 0 Å². The lowest BCUT2D eigenvalue weighted by atomic mass is 10.2. The molecule has 1 rings (SSSR count). The fourth-order valence-corrected chi connectivity index (χ4v) is 1.35. The van der Waals surface area contributed by atoms with Crippen LogP contribution in [0, 0.1) is 5.82 Å². The van der Waals surface area contributed by atoms with Crippen LogP contribution in [0.25, 0.3) is 0 Å². The summed E-state index contributed by atoms with van der Waals surface area (Å²) < 4.78 is 12.5. The summed E-state index contributed by atoms with van der Waals surface area (Å²) in [5.74, 6) is -4.05. The topological polar surface area (TPSA) is 77.8 Å². The second-order valence-corrected chi connectivity index (χ2v) is 3.01. The zero-order chi connectivity index (χ0) is 10.2. The Morgan fingerprint density at radius 1 is 1.46 bits per heavy atom. The first-order valence-electron chi connectivity index (χ1n) is 3.08. The maximum absolute atomic E-state index is 12.9. The molecule has 0 aliphatic heterocycles. The molecule has 0 aliphatic carbocycles. The maximum Gasteiger partial charge on any atom is 0.339 e. The smallest absolute Gasteiger partial charge is 0.339 e. The quantitative estimate of drug-likeness (QED) is 0.664. The van der Waals surface area contributed by atoms with E-state index in [0.29, 0.717) is 6.07 Å². The van der Waals surface area contributed by atoms with Gasteiger partial charge in [0.2, 0.25) is 0 Å². The Bertz CT molecular complexity index is 377. The van der Waals surface area contributed by atoms with Crippen molar-refractivity contribution in [3.63, 3.8) is 0 Å². The molecule has 4 nitrogen and oxygen atoms in total. The highest BCUT2D eigenvalue weighted by Gasteiger charge is 2.20. The average molecular weight is 251 g/mol. The Labute approximate surface area is 80.4 Å². The lowest BCUT2D eigenvalue weighted by Gasteiger charge is -2.04. The number of aromatic hydroxyl groups is 2. The molecule has 6 heteroatoms. The van der Waals surface area contributed by atoms with Crippen LogP contribution < -0.4 is 0 Å². The van der Waals surface area contributed by atoms with Gasteiger partial charge in [0.05, 0.1) is 4.47 Å². The monoisotopic (exact) mass is 250 g/mol. The first kappa shape index (κ1) is 9.79. The Morgan fingerprint density at radius 2 is 2.00 bits per heavy atom. The van der Waals surface area contributed by atoms with Gasteiger partial charge in [-0.15, -0.1) is 0 Å². The van der Waals surface area contributed by atoms with E-state index in [9.17, 15) is 9.18 Å². The van der Waals surface area contributed by atoms with Gasteiger partial charge in [0, 0.05) is 6.07 Å². The van der Waals surface area contributed by atoms with Gasteiger partial charge in [-0.25, -0.2) is 9.18 Å². The molecule has 3 N–H and O–H groups in total. The molecule has 0 bridgehead atoms. The van der Waals surface area contributed by atoms with Crippen molar-refractivity contribution in [3.05, 3.63) is 21.9 Å². The van der Waals surface area contributed by atoms with E-state index in [0.717, 1.165) is 0 Å². The van der Waals surface area contributed by atoms with Gasteiger partial charge >= 0.3 is 5.97 Å². The Morgan fingerprint density at radius 3 is 2.46 bits per heavy atom. The number of hydrogen-bond donors (Lipinski definition) is 3. The van der Waals surface area contributed by atoms with Crippen molar-refractivity contribution in [2.45, 2.75) is 0 Å². The minimum atomic E-state index is -1.53. The third-order valence-electron chi connectivity index (χ3n) is 1.39. The fraction of sp³-hybridized carbons (Fsp3) is 0. The predicted molar refractivity (Wildman–Crippen MR) is 44.4 cm³/mol. The van der Waals surface area contributed by atoms with Gasteiger partial charge in [0.15, 0.2) is 11.5 Å². The molecule has 0 radical (unpaired) electrons. The number of carboxylic acids is 1. The van der Waals surface area contributed by atoms with Crippen molar-refractivity contribution in [1.82, 2.24) is 0 Å². The van der Waals surface area contributed by atoms with Crippen LogP contribution in [0.15, 0.2) is 10.5 Å². The molecule has 0 atom stereocenters. The van der Waals surface area contributed by atoms with Gasteiger partial charge in [0.25, 0.3) is 0 Å². The largest absolute Gasteiger partial charge is 0.504 e. The highest BCUT2D eigenvalue weighted by molar-refractivity contribution is 9.10. The number of carbonyl (C=O) groups is 1. The van der Waals surface area contributed by atoms with Crippen molar-refractivity contribution in [3.8, 4) is 11.5 Å². The first-order valence-corrected chi connectivity index (χ1v) is 3.87. The highest BCUT2D eigenvalue weighted by atomic mass is 79.9. The first-order chi connectivity index (χ1) is 5.95. The molecular formula is C7H4BrFO4. The summed E-state index contributed by atoms with van der Waals surface area (Å²) in [5, 5.41) is 26.4. The Hall–Kier alpha value is -1.30. The Balaban J connectivity index is 3.53. The molecule has 0 aliphatic rings. The lowest BCUT2D eigenvalue weighted by Crippen LogP contribution is -2.01. The third kappa shape index (κ3) is 1.57. The van der Waals surface area contributed by atoms with E-state index in [4.69, 9.17) is 15.3 Å². The van der Waals surface area contributed by atoms with E-state index < -0.39 is 28.8 Å². The van der Waals surface area contributed by atoms with Crippen LogP contribution in [0.5, 0.6) is 11.5 Å². The molecule has 70 valence electrons. The third-order valence-corrected chi connectivity index (χ3v) is 2.16. The molecule has 0 amide bonds. The van der Waals surface area contributed by atoms with Crippen molar-refractivity contribution in [1.29, 1.82) is 0 Å². The number of halogens is 2. The lowest BCUT2D eigenvalue weighted by molar-refractivity contribution is 0.0690. The SMILES string of the molecule is O=C(O)c1c(F)cc(O)c(O)c1Br. The minimum Gasteiger partial charge on any atom is -0.504 e. The summed E-state index contributed by atoms with van der Waals surface area (Å²) in [6.45, 7) is 0. The van der Waals surface area contributed by atoms with Gasteiger partial charge in [-0.05, 0) is 15.9 Å². The fourth-order valence-electron chi connectivity index (χ4n) is 0.792. The van der Waals surface area contributed by atoms with Crippen LogP contribution in [0.2, 0.25) is 0 Å². The van der Waals surface area contributed by atoms with Crippen LogP contribution in [0.4, 0.5) is 4.39 Å². The number of carboxylic acid groups (broad SMARTS) is 1. The van der Waals surface area contributed by atoms with Gasteiger partial charge in [-0.3, -0.25) is 0 Å². The van der Waals surface area contributed by atoms with E-state index >= 15 is 0 Å². The number of phenols is 2. The zero-order valence-electron chi connectivity index (χ0n) is 6.08. The van der Waals surface area contributed by atoms with Crippen LogP contribution in [0.1, 0.15) is 10.4 Å². The molecule has 0 fully saturated rings. The summed E-state index contributed by atoms with van der Waals surface area (Å²) in [4.78, 5) is 10.4. The molecule has 0 heterocycles. The predicted octanol–water partition coefficient (Wildman–Crippen LogP) is 1.70. The number of benzene rings is 1. The highest BCUT2D eigenvalue weighted by Crippen LogP contribution is 2.37. The number of aromatic carboxylic acids is 1. The molecule has 0 aromatic heterocycles. The van der Waals surface area contributed by atoms with Crippen LogP contribution in [-0.4, -0.2) is 21.3 Å². The van der Waals surface area contributed by atoms with Gasteiger partial charge in [-0.2, -0.15) is 0 Å². The van der Waals surface area contributed by atoms with Crippen LogP contribution in [0.3, 0.4) is 0 Å². The number of phenolic OH excluding ortho intramolecular Hbond substituents is 2. The normalized spacial score (nSPS) is 10.0. The molecule has 13 heavy (non-hydrogen) atoms. The van der Waals surface area contributed by atoms with E-state index in [1.807, 2.05) is 0 Å². The summed E-state index contributed by atoms with van der Waals surface area (Å²) in [6.07, 6.45) is 0. The summed E-state index contributed by atoms with van der Waals surface area (Å²) >= 11 is 2.65. The second-order valence-electron chi connectivity index (χ2n) is 2.22. The van der Waals surface area contributed by atoms with Crippen molar-refractivity contribution < 1.29 is 24.5 Å². The van der Waals surface area contributed by atoms with Crippen molar-refractivity contribution >= 4 is 21.9 Å². The molecule has 0 saturated carbocycles. The Kier molecular flexibility index (Phi) is 2.42. The molecule has 1 aromatic rings. The van der Waals surface area contributed by atoms with Crippen LogP contribution >= 0.6 is 15.9 Å². The second kappa shape index (κ2) is 3.21. The number of hydrogen-bond acceptors (Lipinski definition) is 3. The number of rotatable bonds is 1. The van der Waals surface area contributed by atoms with E-state index in [1.165, 1.54) is 0 Å². The summed E-state index contributed by atoms with van der Waals surface area (Å²) in [6, 6.07) is 0.531. The molecule has 1 aromatic carbocycles. The average Bonchev–Trinajstić information content (AvgIpc) is 1.99. The maximum atomic E-state index is 12.9. The van der Waals surface area contributed by atoms with Crippen molar-refractivity contribution in [2.75, 3.05) is 0 Å². The van der Waals surface area contributed by atoms with E-state index in [2.05, 4.69) is 15.9 Å². The van der Waals surface area contributed by atoms with Gasteiger partial charge in [-0.1, -0.05) is 0 Å². The standard InChI is InChI=1S/C7H4BrFO4/c8-5-4(7(12)13)2(9)1-3(10)6(5)11/h1,10-11H,(H,12,13). The van der Waals surface area contributed by atoms with Gasteiger partial charge < -0.3 is 15.3 Å². The minimum absolute atomic E-state index is 0.377. The molecule has 0 spiro atoms. The molecule has 0 saturated heterocycles.